The molecule has 0 amide bonds. The molecule has 98 valence electrons. The number of nitrogen functional groups attached to an aromatic ring is 1. The number of sulfonamides is 1. The van der Waals surface area contributed by atoms with Gasteiger partial charge in [-0.25, -0.2) is 18.1 Å². The summed E-state index contributed by atoms with van der Waals surface area (Å²) >= 11 is 1.00. The van der Waals surface area contributed by atoms with Crippen molar-refractivity contribution < 1.29 is 8.42 Å². The molecule has 0 saturated heterocycles. The maximum Gasteiger partial charge on any atom is 0.252 e. The fourth-order valence-corrected chi connectivity index (χ4v) is 3.85. The first kappa shape index (κ1) is 14.4. The Bertz CT molecular complexity index is 466. The van der Waals surface area contributed by atoms with E-state index in [9.17, 15) is 8.42 Å². The Hall–Kier alpha value is -0.660. The maximum atomic E-state index is 11.9. The average molecular weight is 277 g/mol. The van der Waals surface area contributed by atoms with Gasteiger partial charge in [0.05, 0.1) is 5.69 Å². The lowest BCUT2D eigenvalue weighted by Gasteiger charge is -2.06. The van der Waals surface area contributed by atoms with Crippen LogP contribution in [0.2, 0.25) is 0 Å². The molecule has 0 aromatic carbocycles. The lowest BCUT2D eigenvalue weighted by Crippen LogP contribution is -2.24. The average Bonchev–Trinajstić information content (AvgIpc) is 2.53. The second-order valence-corrected chi connectivity index (χ2v) is 7.35. The molecule has 0 spiro atoms. The molecule has 5 nitrogen and oxygen atoms in total. The molecular formula is C10H19N3O2S2. The zero-order chi connectivity index (χ0) is 13.1. The van der Waals surface area contributed by atoms with Crippen LogP contribution in [0.1, 0.15) is 32.4 Å². The van der Waals surface area contributed by atoms with Crippen LogP contribution in [0.15, 0.2) is 4.21 Å². The molecule has 1 rings (SSSR count). The highest BCUT2D eigenvalue weighted by Gasteiger charge is 2.20. The molecule has 0 aliphatic heterocycles. The van der Waals surface area contributed by atoms with Crippen LogP contribution >= 0.6 is 11.3 Å². The van der Waals surface area contributed by atoms with Crippen LogP contribution in [0.25, 0.3) is 0 Å². The van der Waals surface area contributed by atoms with Gasteiger partial charge in [-0.05, 0) is 25.7 Å². The molecule has 0 unspecified atom stereocenters. The van der Waals surface area contributed by atoms with Crippen molar-refractivity contribution in [2.24, 2.45) is 5.92 Å². The number of anilines is 1. The van der Waals surface area contributed by atoms with Crippen LogP contribution in [-0.2, 0) is 10.0 Å². The van der Waals surface area contributed by atoms with Crippen molar-refractivity contribution in [3.8, 4) is 0 Å². The summed E-state index contributed by atoms with van der Waals surface area (Å²) in [5, 5.41) is 0.282. The third kappa shape index (κ3) is 4.25. The van der Waals surface area contributed by atoms with E-state index in [1.165, 1.54) is 0 Å². The Kier molecular flexibility index (Phi) is 4.91. The number of nitrogens with two attached hydrogens (primary N) is 1. The molecule has 3 N–H and O–H groups in total. The van der Waals surface area contributed by atoms with Gasteiger partial charge < -0.3 is 5.73 Å². The molecule has 1 aromatic rings. The van der Waals surface area contributed by atoms with Gasteiger partial charge >= 0.3 is 0 Å². The number of aromatic nitrogens is 1. The van der Waals surface area contributed by atoms with E-state index in [2.05, 4.69) is 23.6 Å². The molecule has 1 aromatic heterocycles. The van der Waals surface area contributed by atoms with Gasteiger partial charge in [-0.1, -0.05) is 25.2 Å². The number of hydrogen-bond acceptors (Lipinski definition) is 5. The Morgan fingerprint density at radius 3 is 2.59 bits per heavy atom. The summed E-state index contributed by atoms with van der Waals surface area (Å²) in [5.41, 5.74) is 5.95. The molecule has 0 aliphatic carbocycles. The SMILES string of the molecule is Cc1nc(N)sc1S(=O)(=O)NCCCC(C)C. The summed E-state index contributed by atoms with van der Waals surface area (Å²) in [5.74, 6) is 0.584. The van der Waals surface area contributed by atoms with Crippen LogP contribution in [0, 0.1) is 12.8 Å². The van der Waals surface area contributed by atoms with E-state index in [0.717, 1.165) is 24.2 Å². The summed E-state index contributed by atoms with van der Waals surface area (Å²) in [4.78, 5) is 3.91. The van der Waals surface area contributed by atoms with Gasteiger partial charge in [0.2, 0.25) is 0 Å². The quantitative estimate of drug-likeness (QED) is 0.776. The van der Waals surface area contributed by atoms with Crippen LogP contribution in [0.4, 0.5) is 5.13 Å². The summed E-state index contributed by atoms with van der Waals surface area (Å²) in [6, 6.07) is 0. The predicted molar refractivity (Wildman–Crippen MR) is 70.5 cm³/mol. The minimum absolute atomic E-state index is 0.222. The van der Waals surface area contributed by atoms with Crippen molar-refractivity contribution in [1.29, 1.82) is 0 Å². The van der Waals surface area contributed by atoms with Crippen LogP contribution in [0.5, 0.6) is 0 Å². The Labute approximate surface area is 106 Å². The van der Waals surface area contributed by atoms with E-state index in [4.69, 9.17) is 5.73 Å². The van der Waals surface area contributed by atoms with E-state index >= 15 is 0 Å². The van der Waals surface area contributed by atoms with Gasteiger partial charge in [-0.15, -0.1) is 0 Å². The van der Waals surface area contributed by atoms with Crippen molar-refractivity contribution in [1.82, 2.24) is 9.71 Å². The monoisotopic (exact) mass is 277 g/mol. The number of hydrogen-bond donors (Lipinski definition) is 2. The van der Waals surface area contributed by atoms with E-state index in [0.29, 0.717) is 18.2 Å². The number of rotatable bonds is 6. The molecule has 0 bridgehead atoms. The Morgan fingerprint density at radius 1 is 1.47 bits per heavy atom. The van der Waals surface area contributed by atoms with Gasteiger partial charge in [0, 0.05) is 6.54 Å². The zero-order valence-electron chi connectivity index (χ0n) is 10.4. The zero-order valence-corrected chi connectivity index (χ0v) is 12.0. The highest BCUT2D eigenvalue weighted by atomic mass is 32.2. The minimum Gasteiger partial charge on any atom is -0.375 e. The second-order valence-electron chi connectivity index (χ2n) is 4.36. The van der Waals surface area contributed by atoms with Crippen LogP contribution in [0.3, 0.4) is 0 Å². The Balaban J connectivity index is 2.60. The number of nitrogens with zero attached hydrogens (tertiary/aromatic N) is 1. The number of nitrogens with one attached hydrogen (secondary N) is 1. The standard InChI is InChI=1S/C10H19N3O2S2/c1-7(2)5-4-6-12-17(14,15)9-8(3)13-10(11)16-9/h7,12H,4-6H2,1-3H3,(H2,11,13). The fraction of sp³-hybridized carbons (Fsp3) is 0.700. The first-order valence-electron chi connectivity index (χ1n) is 5.55. The molecule has 0 radical (unpaired) electrons. The van der Waals surface area contributed by atoms with E-state index in [1.54, 1.807) is 6.92 Å². The summed E-state index contributed by atoms with van der Waals surface area (Å²) in [7, 11) is -3.44. The normalized spacial score (nSPS) is 12.2. The highest BCUT2D eigenvalue weighted by Crippen LogP contribution is 2.24. The highest BCUT2D eigenvalue weighted by molar-refractivity contribution is 7.91. The molecule has 7 heteroatoms. The van der Waals surface area contributed by atoms with Gasteiger partial charge in [-0.2, -0.15) is 0 Å². The molecule has 0 saturated carbocycles. The minimum atomic E-state index is -3.44. The van der Waals surface area contributed by atoms with Gasteiger partial charge in [0.15, 0.2) is 9.34 Å². The summed E-state index contributed by atoms with van der Waals surface area (Å²) < 4.78 is 26.6. The van der Waals surface area contributed by atoms with Crippen molar-refractivity contribution in [3.05, 3.63) is 5.69 Å². The van der Waals surface area contributed by atoms with Gasteiger partial charge in [-0.3, -0.25) is 0 Å². The van der Waals surface area contributed by atoms with Gasteiger partial charge in [0.25, 0.3) is 10.0 Å². The smallest absolute Gasteiger partial charge is 0.252 e. The van der Waals surface area contributed by atoms with Crippen molar-refractivity contribution in [3.63, 3.8) is 0 Å². The molecular weight excluding hydrogens is 258 g/mol. The van der Waals surface area contributed by atoms with E-state index < -0.39 is 10.0 Å². The number of aryl methyl sites for hydroxylation is 1. The van der Waals surface area contributed by atoms with Crippen molar-refractivity contribution in [2.75, 3.05) is 12.3 Å². The molecule has 0 fully saturated rings. The lowest BCUT2D eigenvalue weighted by molar-refractivity contribution is 0.540. The predicted octanol–water partition coefficient (Wildman–Crippen LogP) is 1.75. The van der Waals surface area contributed by atoms with E-state index in [-0.39, 0.29) is 9.34 Å². The molecule has 17 heavy (non-hydrogen) atoms. The molecule has 1 heterocycles. The first-order valence-corrected chi connectivity index (χ1v) is 7.85. The van der Waals surface area contributed by atoms with Crippen molar-refractivity contribution >= 4 is 26.5 Å². The lowest BCUT2D eigenvalue weighted by atomic mass is 10.1. The van der Waals surface area contributed by atoms with Crippen LogP contribution in [-0.4, -0.2) is 19.9 Å². The fourth-order valence-electron chi connectivity index (χ4n) is 1.43. The largest absolute Gasteiger partial charge is 0.375 e. The molecule has 0 aliphatic rings. The number of thiazole rings is 1. The Morgan fingerprint density at radius 2 is 2.12 bits per heavy atom. The maximum absolute atomic E-state index is 11.9. The first-order chi connectivity index (χ1) is 7.83. The second kappa shape index (κ2) is 5.79. The summed E-state index contributed by atoms with van der Waals surface area (Å²) in [6.45, 7) is 6.33. The third-order valence-corrected chi connectivity index (χ3v) is 5.32. The van der Waals surface area contributed by atoms with Gasteiger partial charge in [0.1, 0.15) is 0 Å². The van der Waals surface area contributed by atoms with Crippen molar-refractivity contribution in [2.45, 2.75) is 37.8 Å². The third-order valence-electron chi connectivity index (χ3n) is 2.26. The van der Waals surface area contributed by atoms with E-state index in [1.807, 2.05) is 0 Å². The summed E-state index contributed by atoms with van der Waals surface area (Å²) in [6.07, 6.45) is 1.84. The van der Waals surface area contributed by atoms with Crippen LogP contribution < -0.4 is 10.5 Å². The topological polar surface area (TPSA) is 85.1 Å². The molecule has 0 atom stereocenters.